The molecule has 0 saturated carbocycles. The van der Waals surface area contributed by atoms with Gasteiger partial charge in [-0.15, -0.1) is 5.10 Å². The Balaban J connectivity index is 1.83. The minimum absolute atomic E-state index is 0.00929. The molecule has 13 heteroatoms. The third-order valence-corrected chi connectivity index (χ3v) is 7.63. The molecule has 2 aromatic rings. The zero-order valence-electron chi connectivity index (χ0n) is 15.4. The van der Waals surface area contributed by atoms with Crippen LogP contribution in [-0.2, 0) is 23.2 Å². The average Bonchev–Trinajstić information content (AvgIpc) is 2.93. The average molecular weight is 473 g/mol. The van der Waals surface area contributed by atoms with Crippen LogP contribution in [0.1, 0.15) is 30.3 Å². The molecule has 1 saturated heterocycles. The Morgan fingerprint density at radius 1 is 1.14 bits per heavy atom. The van der Waals surface area contributed by atoms with Crippen LogP contribution < -0.4 is 5.69 Å². The lowest BCUT2D eigenvalue weighted by molar-refractivity contribution is -0.147. The standard InChI is InChI=1S/C16H17Cl2F3N4O3S/c1-9-7-13(12(18)8-11(9)17)29(27,28)24-5-3-10(4-6-24)25-15(26)23(2)14(22-25)16(19,20)21/h7-8,10H,3-6H2,1-2H3. The SMILES string of the molecule is Cc1cc(S(=O)(=O)N2CCC(n3nc(C(F)(F)F)n(C)c3=O)CC2)c(Cl)cc1Cl. The summed E-state index contributed by atoms with van der Waals surface area (Å²) in [6.45, 7) is 1.67. The third kappa shape index (κ3) is 4.05. The van der Waals surface area contributed by atoms with Crippen LogP contribution in [0, 0.1) is 6.92 Å². The Bertz CT molecular complexity index is 1100. The van der Waals surface area contributed by atoms with Gasteiger partial charge in [0, 0.05) is 25.2 Å². The quantitative estimate of drug-likeness (QED) is 0.686. The van der Waals surface area contributed by atoms with Crippen molar-refractivity contribution in [3.63, 3.8) is 0 Å². The second-order valence-electron chi connectivity index (χ2n) is 6.77. The largest absolute Gasteiger partial charge is 0.451 e. The van der Waals surface area contributed by atoms with Gasteiger partial charge < -0.3 is 0 Å². The second-order valence-corrected chi connectivity index (χ2v) is 9.50. The number of aryl methyl sites for hydroxylation is 1. The molecule has 0 atom stereocenters. The predicted octanol–water partition coefficient (Wildman–Crippen LogP) is 3.24. The second kappa shape index (κ2) is 7.60. The van der Waals surface area contributed by atoms with Crippen LogP contribution in [0.3, 0.4) is 0 Å². The number of rotatable bonds is 3. The summed E-state index contributed by atoms with van der Waals surface area (Å²) in [4.78, 5) is 12.1. The lowest BCUT2D eigenvalue weighted by Gasteiger charge is -2.31. The molecule has 1 aliphatic rings. The first-order valence-corrected chi connectivity index (χ1v) is 10.7. The Hall–Kier alpha value is -1.56. The fourth-order valence-electron chi connectivity index (χ4n) is 3.24. The molecule has 0 aliphatic carbocycles. The number of piperidine rings is 1. The number of hydrogen-bond donors (Lipinski definition) is 0. The van der Waals surface area contributed by atoms with Gasteiger partial charge in [-0.25, -0.2) is 17.9 Å². The number of nitrogens with zero attached hydrogens (tertiary/aromatic N) is 4. The molecule has 0 bridgehead atoms. The van der Waals surface area contributed by atoms with E-state index in [-0.39, 0.29) is 35.8 Å². The summed E-state index contributed by atoms with van der Waals surface area (Å²) in [5.41, 5.74) is -0.348. The fourth-order valence-corrected chi connectivity index (χ4v) is 5.51. The Morgan fingerprint density at radius 3 is 2.24 bits per heavy atom. The predicted molar refractivity (Wildman–Crippen MR) is 101 cm³/mol. The number of sulfonamides is 1. The van der Waals surface area contributed by atoms with Gasteiger partial charge in [0.25, 0.3) is 0 Å². The van der Waals surface area contributed by atoms with E-state index in [2.05, 4.69) is 5.10 Å². The van der Waals surface area contributed by atoms with Gasteiger partial charge in [0.15, 0.2) is 0 Å². The van der Waals surface area contributed by atoms with E-state index in [1.54, 1.807) is 6.92 Å². The van der Waals surface area contributed by atoms with Crippen molar-refractivity contribution in [1.29, 1.82) is 0 Å². The molecule has 160 valence electrons. The van der Waals surface area contributed by atoms with Gasteiger partial charge in [-0.05, 0) is 37.5 Å². The minimum atomic E-state index is -4.76. The van der Waals surface area contributed by atoms with Crippen LogP contribution in [0.15, 0.2) is 21.8 Å². The summed E-state index contributed by atoms with van der Waals surface area (Å²) in [7, 11) is -2.93. The van der Waals surface area contributed by atoms with Crippen molar-refractivity contribution in [1.82, 2.24) is 18.7 Å². The molecule has 29 heavy (non-hydrogen) atoms. The van der Waals surface area contributed by atoms with Crippen LogP contribution >= 0.6 is 23.2 Å². The van der Waals surface area contributed by atoms with Gasteiger partial charge >= 0.3 is 11.9 Å². The first-order chi connectivity index (χ1) is 13.3. The van der Waals surface area contributed by atoms with Gasteiger partial charge in [-0.1, -0.05) is 23.2 Å². The zero-order chi connectivity index (χ0) is 21.7. The summed E-state index contributed by atoms with van der Waals surface area (Å²) in [6.07, 6.45) is -4.48. The number of hydrogen-bond acceptors (Lipinski definition) is 4. The molecule has 0 unspecified atom stereocenters. The van der Waals surface area contributed by atoms with Crippen molar-refractivity contribution in [3.8, 4) is 0 Å². The van der Waals surface area contributed by atoms with E-state index in [0.717, 1.165) is 11.7 Å². The lowest BCUT2D eigenvalue weighted by Crippen LogP contribution is -2.41. The third-order valence-electron chi connectivity index (χ3n) is 4.86. The summed E-state index contributed by atoms with van der Waals surface area (Å²) in [6, 6.07) is 2.09. The van der Waals surface area contributed by atoms with Gasteiger partial charge in [-0.2, -0.15) is 17.5 Å². The van der Waals surface area contributed by atoms with E-state index in [1.165, 1.54) is 16.4 Å². The van der Waals surface area contributed by atoms with E-state index in [1.807, 2.05) is 0 Å². The summed E-state index contributed by atoms with van der Waals surface area (Å²) >= 11 is 12.0. The van der Waals surface area contributed by atoms with E-state index in [0.29, 0.717) is 15.2 Å². The number of alkyl halides is 3. The smallest absolute Gasteiger partial charge is 0.274 e. The number of halogens is 5. The minimum Gasteiger partial charge on any atom is -0.274 e. The highest BCUT2D eigenvalue weighted by molar-refractivity contribution is 7.89. The van der Waals surface area contributed by atoms with Crippen molar-refractivity contribution in [2.75, 3.05) is 13.1 Å². The monoisotopic (exact) mass is 472 g/mol. The fraction of sp³-hybridized carbons (Fsp3) is 0.500. The van der Waals surface area contributed by atoms with Crippen LogP contribution in [0.25, 0.3) is 0 Å². The highest BCUT2D eigenvalue weighted by Gasteiger charge is 2.40. The van der Waals surface area contributed by atoms with Gasteiger partial charge in [0.05, 0.1) is 11.1 Å². The van der Waals surface area contributed by atoms with Crippen LogP contribution in [0.5, 0.6) is 0 Å². The maximum absolute atomic E-state index is 13.0. The number of benzene rings is 1. The highest BCUT2D eigenvalue weighted by Crippen LogP contribution is 2.33. The molecule has 3 rings (SSSR count). The van der Waals surface area contributed by atoms with Crippen molar-refractivity contribution >= 4 is 33.2 Å². The van der Waals surface area contributed by atoms with Gasteiger partial charge in [0.1, 0.15) is 4.90 Å². The summed E-state index contributed by atoms with van der Waals surface area (Å²) in [5.74, 6) is -1.29. The molecule has 0 radical (unpaired) electrons. The molecule has 1 fully saturated rings. The molecule has 1 aromatic carbocycles. The van der Waals surface area contributed by atoms with E-state index < -0.39 is 33.8 Å². The molecule has 1 aromatic heterocycles. The number of aromatic nitrogens is 3. The molecule has 0 spiro atoms. The highest BCUT2D eigenvalue weighted by atomic mass is 35.5. The van der Waals surface area contributed by atoms with Crippen molar-refractivity contribution in [2.24, 2.45) is 7.05 Å². The van der Waals surface area contributed by atoms with Crippen LogP contribution in [-0.4, -0.2) is 40.2 Å². The normalized spacial score (nSPS) is 17.1. The molecule has 7 nitrogen and oxygen atoms in total. The maximum atomic E-state index is 13.0. The first kappa shape index (κ1) is 22.1. The molecule has 0 N–H and O–H groups in total. The lowest BCUT2D eigenvalue weighted by atomic mass is 10.1. The van der Waals surface area contributed by atoms with Gasteiger partial charge in [-0.3, -0.25) is 4.57 Å². The zero-order valence-corrected chi connectivity index (χ0v) is 17.7. The molecular formula is C16H17Cl2F3N4O3S. The van der Waals surface area contributed by atoms with Crippen LogP contribution in [0.2, 0.25) is 10.0 Å². The van der Waals surface area contributed by atoms with Crippen LogP contribution in [0.4, 0.5) is 13.2 Å². The Morgan fingerprint density at radius 2 is 1.72 bits per heavy atom. The molecule has 1 aliphatic heterocycles. The summed E-state index contributed by atoms with van der Waals surface area (Å²) < 4.78 is 67.2. The molecular weight excluding hydrogens is 456 g/mol. The molecule has 0 amide bonds. The van der Waals surface area contributed by atoms with Crippen molar-refractivity contribution < 1.29 is 21.6 Å². The van der Waals surface area contributed by atoms with Crippen molar-refractivity contribution in [3.05, 3.63) is 44.1 Å². The topological polar surface area (TPSA) is 77.2 Å². The first-order valence-electron chi connectivity index (χ1n) is 8.52. The molecule has 2 heterocycles. The maximum Gasteiger partial charge on any atom is 0.451 e. The summed E-state index contributed by atoms with van der Waals surface area (Å²) in [5, 5.41) is 3.74. The van der Waals surface area contributed by atoms with Crippen molar-refractivity contribution in [2.45, 2.75) is 36.9 Å². The van der Waals surface area contributed by atoms with E-state index >= 15 is 0 Å². The Labute approximate surface area is 174 Å². The van der Waals surface area contributed by atoms with E-state index in [9.17, 15) is 26.4 Å². The van der Waals surface area contributed by atoms with E-state index in [4.69, 9.17) is 23.2 Å². The Kier molecular flexibility index (Phi) is 5.80. The van der Waals surface area contributed by atoms with Gasteiger partial charge in [0.2, 0.25) is 15.8 Å².